The second-order valence-corrected chi connectivity index (χ2v) is 7.39. The van der Waals surface area contributed by atoms with Crippen molar-refractivity contribution in [2.45, 2.75) is 0 Å². The van der Waals surface area contributed by atoms with Crippen molar-refractivity contribution < 1.29 is 33.3 Å². The molecular weight excluding hydrogens is 427 g/mol. The average molecular weight is 443 g/mol. The summed E-state index contributed by atoms with van der Waals surface area (Å²) in [6.07, 6.45) is 0. The fourth-order valence-electron chi connectivity index (χ4n) is 2.83. The van der Waals surface area contributed by atoms with E-state index in [1.165, 1.54) is 0 Å². The van der Waals surface area contributed by atoms with E-state index in [-0.39, 0.29) is 0 Å². The Hall–Kier alpha value is -2.77. The third-order valence-corrected chi connectivity index (χ3v) is 4.30. The van der Waals surface area contributed by atoms with Crippen LogP contribution in [0.15, 0.2) is 101 Å². The molecule has 0 N–H and O–H groups in total. The number of halogens is 2. The molecule has 0 saturated heterocycles. The Kier molecular flexibility index (Phi) is 7.18. The van der Waals surface area contributed by atoms with Gasteiger partial charge >= 0.3 is 11.5 Å². The predicted octanol–water partition coefficient (Wildman–Crippen LogP) is 2.46. The maximum absolute atomic E-state index is 8.49. The Morgan fingerprint density at radius 1 is 0.533 bits per heavy atom. The lowest BCUT2D eigenvalue weighted by Gasteiger charge is -2.17. The Morgan fingerprint density at radius 3 is 1.40 bits per heavy atom. The van der Waals surface area contributed by atoms with Crippen LogP contribution in [0.2, 0.25) is 5.02 Å². The Labute approximate surface area is 180 Å². The van der Waals surface area contributed by atoms with Crippen LogP contribution in [-0.4, -0.2) is 0 Å². The van der Waals surface area contributed by atoms with Crippen LogP contribution in [-0.2, 0) is 0 Å². The summed E-state index contributed by atoms with van der Waals surface area (Å²) < 4.78 is 40.2. The predicted molar refractivity (Wildman–Crippen MR) is 104 cm³/mol. The summed E-state index contributed by atoms with van der Waals surface area (Å²) in [7, 11) is -4.94. The summed E-state index contributed by atoms with van der Waals surface area (Å²) in [5.41, 5.74) is 4.23. The molecule has 0 aliphatic carbocycles. The molecule has 3 aromatic carbocycles. The zero-order valence-corrected chi connectivity index (χ0v) is 17.0. The van der Waals surface area contributed by atoms with E-state index in [9.17, 15) is 0 Å². The zero-order chi connectivity index (χ0) is 21.6. The second kappa shape index (κ2) is 9.82. The van der Waals surface area contributed by atoms with Gasteiger partial charge in [-0.3, -0.25) is 0 Å². The van der Waals surface area contributed by atoms with Crippen molar-refractivity contribution >= 4 is 11.6 Å². The van der Waals surface area contributed by atoms with Gasteiger partial charge in [0.15, 0.2) is 0 Å². The van der Waals surface area contributed by atoms with E-state index in [0.717, 1.165) is 38.8 Å². The number of rotatable bonds is 3. The maximum atomic E-state index is 8.49. The highest BCUT2D eigenvalue weighted by molar-refractivity contribution is 6.30. The van der Waals surface area contributed by atoms with Crippen LogP contribution in [0.4, 0.5) is 0 Å². The molecule has 0 unspecified atom stereocenters. The highest BCUT2D eigenvalue weighted by atomic mass is 35.7. The summed E-state index contributed by atoms with van der Waals surface area (Å²) in [6, 6.07) is 32.3. The van der Waals surface area contributed by atoms with E-state index >= 15 is 0 Å². The lowest BCUT2D eigenvalue weighted by molar-refractivity contribution is -2.00. The molecule has 152 valence electrons. The molecular formula is C23H16Cl2O5. The first-order valence-electron chi connectivity index (χ1n) is 8.76. The SMILES string of the molecule is Clc1cccc(-c2cc(-c3ccccc3)[o+]c(-c3ccccc3)c2)c1.[O-][Cl+3]([O-])([O-])[O-]. The largest absolute Gasteiger partial charge is 0.361 e. The van der Waals surface area contributed by atoms with E-state index in [1.807, 2.05) is 54.6 Å². The van der Waals surface area contributed by atoms with Gasteiger partial charge in [-0.2, -0.15) is 0 Å². The van der Waals surface area contributed by atoms with Crippen molar-refractivity contribution in [1.82, 2.24) is 0 Å². The Balaban J connectivity index is 0.000000461. The molecule has 30 heavy (non-hydrogen) atoms. The van der Waals surface area contributed by atoms with E-state index in [4.69, 9.17) is 34.7 Å². The molecule has 7 heteroatoms. The molecule has 0 bridgehead atoms. The first kappa shape index (κ1) is 21.9. The quantitative estimate of drug-likeness (QED) is 0.453. The topological polar surface area (TPSA) is 104 Å². The smallest absolute Gasteiger partial charge is 0.222 e. The highest BCUT2D eigenvalue weighted by Crippen LogP contribution is 2.33. The average Bonchev–Trinajstić information content (AvgIpc) is 2.73. The number of benzene rings is 3. The minimum Gasteiger partial charge on any atom is -0.222 e. The van der Waals surface area contributed by atoms with Crippen LogP contribution in [0.3, 0.4) is 0 Å². The van der Waals surface area contributed by atoms with Gasteiger partial charge in [0.25, 0.3) is 0 Å². The summed E-state index contributed by atoms with van der Waals surface area (Å²) in [6.45, 7) is 0. The summed E-state index contributed by atoms with van der Waals surface area (Å²) >= 11 is 6.18. The van der Waals surface area contributed by atoms with E-state index in [0.29, 0.717) is 0 Å². The third-order valence-electron chi connectivity index (χ3n) is 4.07. The molecule has 0 spiro atoms. The molecule has 0 aliphatic heterocycles. The van der Waals surface area contributed by atoms with Gasteiger partial charge in [0.05, 0.1) is 23.3 Å². The second-order valence-electron chi connectivity index (χ2n) is 6.19. The molecule has 0 fully saturated rings. The number of hydrogen-bond donors (Lipinski definition) is 0. The van der Waals surface area contributed by atoms with Crippen molar-refractivity contribution in [3.63, 3.8) is 0 Å². The molecule has 4 aromatic rings. The molecule has 1 aromatic heterocycles. The van der Waals surface area contributed by atoms with Gasteiger partial charge in [-0.1, -0.05) is 60.1 Å². The fourth-order valence-corrected chi connectivity index (χ4v) is 3.02. The molecule has 4 rings (SSSR count). The van der Waals surface area contributed by atoms with Crippen molar-refractivity contribution in [2.24, 2.45) is 0 Å². The standard InChI is InChI=1S/C23H16ClO.ClHO4/c24-21-13-7-12-19(14-21)20-15-22(17-8-3-1-4-9-17)25-23(16-20)18-10-5-2-6-11-18;2-1(3,4)5/h1-16H;(H,2,3,4,5)/q+1;/p-1. The fraction of sp³-hybridized carbons (Fsp3) is 0. The summed E-state index contributed by atoms with van der Waals surface area (Å²) in [4.78, 5) is 0. The van der Waals surface area contributed by atoms with Crippen LogP contribution in [0.25, 0.3) is 33.8 Å². The normalized spacial score (nSPS) is 10.8. The van der Waals surface area contributed by atoms with E-state index in [1.54, 1.807) is 0 Å². The van der Waals surface area contributed by atoms with E-state index < -0.39 is 10.2 Å². The zero-order valence-electron chi connectivity index (χ0n) is 15.5. The maximum Gasteiger partial charge on any atom is 0.361 e. The van der Waals surface area contributed by atoms with Crippen LogP contribution in [0, 0.1) is 10.2 Å². The minimum absolute atomic E-state index is 0.723. The van der Waals surface area contributed by atoms with Gasteiger partial charge in [0.2, 0.25) is 0 Å². The van der Waals surface area contributed by atoms with Crippen LogP contribution >= 0.6 is 11.6 Å². The molecule has 1 heterocycles. The monoisotopic (exact) mass is 442 g/mol. The lowest BCUT2D eigenvalue weighted by Crippen LogP contribution is -2.68. The van der Waals surface area contributed by atoms with E-state index in [2.05, 4.69) is 42.5 Å². The molecule has 0 aliphatic rings. The van der Waals surface area contributed by atoms with Gasteiger partial charge in [-0.15, -0.1) is 10.2 Å². The van der Waals surface area contributed by atoms with Gasteiger partial charge in [-0.05, 0) is 42.0 Å². The van der Waals surface area contributed by atoms with Crippen molar-refractivity contribution in [3.05, 3.63) is 102 Å². The summed E-state index contributed by atoms with van der Waals surface area (Å²) in [5, 5.41) is 0.723. The van der Waals surface area contributed by atoms with Gasteiger partial charge in [0.1, 0.15) is 0 Å². The molecule has 0 amide bonds. The summed E-state index contributed by atoms with van der Waals surface area (Å²) in [5.74, 6) is 1.66. The van der Waals surface area contributed by atoms with Crippen LogP contribution in [0.5, 0.6) is 0 Å². The van der Waals surface area contributed by atoms with Crippen molar-refractivity contribution in [3.8, 4) is 33.8 Å². The van der Waals surface area contributed by atoms with Gasteiger partial charge < -0.3 is 0 Å². The Bertz CT molecular complexity index is 1030. The highest BCUT2D eigenvalue weighted by Gasteiger charge is 2.20. The molecule has 0 saturated carbocycles. The molecule has 0 radical (unpaired) electrons. The minimum atomic E-state index is -4.94. The molecule has 5 nitrogen and oxygen atoms in total. The van der Waals surface area contributed by atoms with Crippen LogP contribution < -0.4 is 18.6 Å². The first-order chi connectivity index (χ1) is 14.3. The van der Waals surface area contributed by atoms with Gasteiger partial charge in [-0.25, -0.2) is 23.1 Å². The number of hydrogen-bond acceptors (Lipinski definition) is 4. The van der Waals surface area contributed by atoms with Gasteiger partial charge in [0, 0.05) is 10.6 Å². The first-order valence-corrected chi connectivity index (χ1v) is 10.4. The van der Waals surface area contributed by atoms with Crippen molar-refractivity contribution in [2.75, 3.05) is 0 Å². The third kappa shape index (κ3) is 6.64. The Morgan fingerprint density at radius 2 is 0.967 bits per heavy atom. The van der Waals surface area contributed by atoms with Crippen molar-refractivity contribution in [1.29, 1.82) is 0 Å². The lowest BCUT2D eigenvalue weighted by atomic mass is 10.0. The van der Waals surface area contributed by atoms with Crippen LogP contribution in [0.1, 0.15) is 0 Å². The molecule has 0 atom stereocenters.